The van der Waals surface area contributed by atoms with E-state index in [-0.39, 0.29) is 23.0 Å². The van der Waals surface area contributed by atoms with E-state index in [0.717, 1.165) is 5.56 Å². The van der Waals surface area contributed by atoms with Crippen LogP contribution in [0.15, 0.2) is 70.1 Å². The minimum Gasteiger partial charge on any atom is -0.506 e. The van der Waals surface area contributed by atoms with E-state index >= 15 is 0 Å². The van der Waals surface area contributed by atoms with Crippen LogP contribution in [0.2, 0.25) is 5.02 Å². The SMILES string of the molecule is O=c1[nH]c2c(cnn2Cc2ccccc2)c(O)c1-c1nc(-c2ccccc2Cl)no1. The Bertz CT molecular complexity index is 1420. The standard InChI is InChI=1S/C21H14ClN5O3/c22-15-9-5-4-8-13(15)18-24-21(30-26-18)16-17(28)14-10-23-27(19(14)25-20(16)29)11-12-6-2-1-3-7-12/h1-10H,11H2,(H2,25,28,29). The molecule has 0 saturated heterocycles. The van der Waals surface area contributed by atoms with Crippen LogP contribution in [0.1, 0.15) is 5.56 Å². The molecule has 0 amide bonds. The monoisotopic (exact) mass is 419 g/mol. The van der Waals surface area contributed by atoms with Gasteiger partial charge in [0.2, 0.25) is 5.82 Å². The number of H-pyrrole nitrogens is 1. The highest BCUT2D eigenvalue weighted by Crippen LogP contribution is 2.33. The van der Waals surface area contributed by atoms with Gasteiger partial charge in [-0.15, -0.1) is 0 Å². The molecular weight excluding hydrogens is 406 g/mol. The summed E-state index contributed by atoms with van der Waals surface area (Å²) in [4.78, 5) is 19.8. The van der Waals surface area contributed by atoms with Gasteiger partial charge in [-0.3, -0.25) is 4.79 Å². The minimum atomic E-state index is -0.566. The molecule has 9 heteroatoms. The summed E-state index contributed by atoms with van der Waals surface area (Å²) in [6.45, 7) is 0.441. The minimum absolute atomic E-state index is 0.110. The van der Waals surface area contributed by atoms with Crippen LogP contribution in [0.4, 0.5) is 0 Å². The third kappa shape index (κ3) is 3.03. The van der Waals surface area contributed by atoms with Gasteiger partial charge >= 0.3 is 0 Å². The molecule has 3 aromatic heterocycles. The van der Waals surface area contributed by atoms with Crippen molar-refractivity contribution < 1.29 is 9.63 Å². The molecule has 0 atom stereocenters. The number of pyridine rings is 1. The predicted molar refractivity (Wildman–Crippen MR) is 111 cm³/mol. The third-order valence-corrected chi connectivity index (χ3v) is 5.05. The van der Waals surface area contributed by atoms with Gasteiger partial charge in [-0.1, -0.05) is 59.2 Å². The smallest absolute Gasteiger partial charge is 0.267 e. The highest BCUT2D eigenvalue weighted by atomic mass is 35.5. The maximum absolute atomic E-state index is 12.8. The van der Waals surface area contributed by atoms with Crippen LogP contribution in [0.5, 0.6) is 5.75 Å². The van der Waals surface area contributed by atoms with Crippen LogP contribution < -0.4 is 5.56 Å². The lowest BCUT2D eigenvalue weighted by atomic mass is 10.2. The Balaban J connectivity index is 1.58. The molecule has 0 aliphatic rings. The van der Waals surface area contributed by atoms with E-state index in [0.29, 0.717) is 28.2 Å². The molecule has 0 saturated carbocycles. The quantitative estimate of drug-likeness (QED) is 0.458. The number of rotatable bonds is 4. The van der Waals surface area contributed by atoms with Gasteiger partial charge in [0.05, 0.1) is 23.2 Å². The Hall–Kier alpha value is -3.91. The first-order valence-corrected chi connectivity index (χ1v) is 9.43. The highest BCUT2D eigenvalue weighted by molar-refractivity contribution is 6.33. The topological polar surface area (TPSA) is 110 Å². The van der Waals surface area contributed by atoms with E-state index in [1.54, 1.807) is 28.9 Å². The molecule has 5 aromatic rings. The fraction of sp³-hybridized carbons (Fsp3) is 0.0476. The zero-order valence-corrected chi connectivity index (χ0v) is 16.2. The van der Waals surface area contributed by atoms with Crippen molar-refractivity contribution in [2.24, 2.45) is 0 Å². The van der Waals surface area contributed by atoms with E-state index in [2.05, 4.69) is 20.2 Å². The molecule has 2 aromatic carbocycles. The molecule has 0 bridgehead atoms. The van der Waals surface area contributed by atoms with Crippen LogP contribution in [-0.2, 0) is 6.54 Å². The Morgan fingerprint density at radius 1 is 1.10 bits per heavy atom. The van der Waals surface area contributed by atoms with Crippen molar-refractivity contribution in [3.8, 4) is 28.6 Å². The Morgan fingerprint density at radius 2 is 1.87 bits per heavy atom. The van der Waals surface area contributed by atoms with Gasteiger partial charge < -0.3 is 14.6 Å². The molecule has 0 spiro atoms. The number of hydrogen-bond donors (Lipinski definition) is 2. The number of hydrogen-bond acceptors (Lipinski definition) is 6. The van der Waals surface area contributed by atoms with Gasteiger partial charge in [0.1, 0.15) is 17.0 Å². The molecular formula is C21H14ClN5O3. The first-order chi connectivity index (χ1) is 14.6. The van der Waals surface area contributed by atoms with Crippen molar-refractivity contribution in [2.75, 3.05) is 0 Å². The number of aromatic nitrogens is 5. The second-order valence-electron chi connectivity index (χ2n) is 6.63. The van der Waals surface area contributed by atoms with Crippen molar-refractivity contribution in [3.63, 3.8) is 0 Å². The molecule has 8 nitrogen and oxygen atoms in total. The molecule has 0 aliphatic heterocycles. The fourth-order valence-electron chi connectivity index (χ4n) is 3.25. The molecule has 148 valence electrons. The number of aromatic amines is 1. The molecule has 0 aliphatic carbocycles. The summed E-state index contributed by atoms with van der Waals surface area (Å²) in [6, 6.07) is 16.7. The molecule has 5 rings (SSSR count). The van der Waals surface area contributed by atoms with E-state index < -0.39 is 5.56 Å². The first kappa shape index (κ1) is 18.1. The summed E-state index contributed by atoms with van der Waals surface area (Å²) in [7, 11) is 0. The second kappa shape index (κ2) is 7.16. The lowest BCUT2D eigenvalue weighted by molar-refractivity contribution is 0.426. The number of nitrogens with zero attached hydrogens (tertiary/aromatic N) is 4. The molecule has 0 unspecified atom stereocenters. The van der Waals surface area contributed by atoms with Crippen LogP contribution in [0, 0.1) is 0 Å². The zero-order chi connectivity index (χ0) is 20.7. The van der Waals surface area contributed by atoms with Crippen LogP contribution in [0.25, 0.3) is 33.9 Å². The number of benzene rings is 2. The van der Waals surface area contributed by atoms with Gasteiger partial charge in [-0.05, 0) is 17.7 Å². The number of fused-ring (bicyclic) bond motifs is 1. The Morgan fingerprint density at radius 3 is 2.67 bits per heavy atom. The molecule has 0 fully saturated rings. The third-order valence-electron chi connectivity index (χ3n) is 4.72. The average Bonchev–Trinajstić information content (AvgIpc) is 3.37. The van der Waals surface area contributed by atoms with E-state index in [1.807, 2.05) is 30.3 Å². The summed E-state index contributed by atoms with van der Waals surface area (Å²) in [6.07, 6.45) is 1.48. The molecule has 2 N–H and O–H groups in total. The van der Waals surface area contributed by atoms with Crippen molar-refractivity contribution in [1.82, 2.24) is 24.9 Å². The van der Waals surface area contributed by atoms with Crippen LogP contribution in [0.3, 0.4) is 0 Å². The van der Waals surface area contributed by atoms with E-state index in [1.165, 1.54) is 6.20 Å². The second-order valence-corrected chi connectivity index (χ2v) is 7.04. The van der Waals surface area contributed by atoms with Crippen LogP contribution >= 0.6 is 11.6 Å². The Kier molecular flexibility index (Phi) is 4.33. The van der Waals surface area contributed by atoms with Crippen molar-refractivity contribution in [1.29, 1.82) is 0 Å². The van der Waals surface area contributed by atoms with E-state index in [9.17, 15) is 9.90 Å². The Labute approximate surface area is 174 Å². The number of nitrogens with one attached hydrogen (secondary N) is 1. The van der Waals surface area contributed by atoms with Gasteiger partial charge in [0.15, 0.2) is 0 Å². The number of halogens is 1. The van der Waals surface area contributed by atoms with Gasteiger partial charge in [0.25, 0.3) is 11.4 Å². The van der Waals surface area contributed by atoms with Crippen molar-refractivity contribution in [3.05, 3.63) is 81.7 Å². The largest absolute Gasteiger partial charge is 0.506 e. The maximum atomic E-state index is 12.8. The molecule has 30 heavy (non-hydrogen) atoms. The summed E-state index contributed by atoms with van der Waals surface area (Å²) >= 11 is 6.17. The summed E-state index contributed by atoms with van der Waals surface area (Å²) in [5.41, 5.74) is 1.28. The van der Waals surface area contributed by atoms with Crippen molar-refractivity contribution in [2.45, 2.75) is 6.54 Å². The van der Waals surface area contributed by atoms with Gasteiger partial charge in [-0.25, -0.2) is 4.68 Å². The molecule has 3 heterocycles. The number of aromatic hydroxyl groups is 1. The normalized spacial score (nSPS) is 11.2. The lowest BCUT2D eigenvalue weighted by Gasteiger charge is -2.05. The van der Waals surface area contributed by atoms with Crippen LogP contribution in [-0.4, -0.2) is 30.0 Å². The van der Waals surface area contributed by atoms with Gasteiger partial charge in [0, 0.05) is 5.56 Å². The van der Waals surface area contributed by atoms with E-state index in [4.69, 9.17) is 16.1 Å². The summed E-state index contributed by atoms with van der Waals surface area (Å²) < 4.78 is 6.86. The zero-order valence-electron chi connectivity index (χ0n) is 15.4. The fourth-order valence-corrected chi connectivity index (χ4v) is 3.47. The maximum Gasteiger partial charge on any atom is 0.267 e. The van der Waals surface area contributed by atoms with Gasteiger partial charge in [-0.2, -0.15) is 10.1 Å². The summed E-state index contributed by atoms with van der Waals surface area (Å²) in [5.74, 6) is -0.168. The van der Waals surface area contributed by atoms with Crippen molar-refractivity contribution >= 4 is 22.6 Å². The lowest BCUT2D eigenvalue weighted by Crippen LogP contribution is -2.12. The first-order valence-electron chi connectivity index (χ1n) is 9.05. The average molecular weight is 420 g/mol. The molecule has 0 radical (unpaired) electrons. The predicted octanol–water partition coefficient (Wildman–Crippen LogP) is 3.85. The highest BCUT2D eigenvalue weighted by Gasteiger charge is 2.23. The summed E-state index contributed by atoms with van der Waals surface area (Å²) in [5, 5.41) is 19.8.